The zero-order valence-electron chi connectivity index (χ0n) is 7.35. The van der Waals surface area contributed by atoms with E-state index in [1.807, 2.05) is 6.08 Å². The summed E-state index contributed by atoms with van der Waals surface area (Å²) in [5.41, 5.74) is 0. The van der Waals surface area contributed by atoms with Gasteiger partial charge in [0.15, 0.2) is 0 Å². The molecule has 0 spiro atoms. The molecule has 3 rings (SSSR count). The molecular weight excluding hydrogens is 299 g/mol. The second kappa shape index (κ2) is 2.94. The van der Waals surface area contributed by atoms with Crippen LogP contribution in [0.25, 0.3) is 0 Å². The summed E-state index contributed by atoms with van der Waals surface area (Å²) in [6.07, 6.45) is 4.91. The van der Waals surface area contributed by atoms with E-state index in [4.69, 9.17) is 58.0 Å². The lowest BCUT2D eigenvalue weighted by atomic mass is 9.89. The highest BCUT2D eigenvalue weighted by molar-refractivity contribution is 6.59. The van der Waals surface area contributed by atoms with Gasteiger partial charge < -0.3 is 4.90 Å². The van der Waals surface area contributed by atoms with Crippen molar-refractivity contribution in [3.8, 4) is 0 Å². The van der Waals surface area contributed by atoms with Crippen LogP contribution < -0.4 is 0 Å². The maximum absolute atomic E-state index is 6.51. The van der Waals surface area contributed by atoms with Gasteiger partial charge >= 0.3 is 0 Å². The van der Waals surface area contributed by atoms with Crippen molar-refractivity contribution in [2.75, 3.05) is 0 Å². The first-order valence-electron chi connectivity index (χ1n) is 4.51. The van der Waals surface area contributed by atoms with Crippen molar-refractivity contribution in [2.45, 2.75) is 21.8 Å². The molecule has 15 heavy (non-hydrogen) atoms. The van der Waals surface area contributed by atoms with Crippen molar-refractivity contribution < 1.29 is 0 Å². The van der Waals surface area contributed by atoms with Crippen molar-refractivity contribution in [1.82, 2.24) is 4.90 Å². The highest BCUT2D eigenvalue weighted by Gasteiger charge is 2.73. The zero-order valence-corrected chi connectivity index (χ0v) is 11.1. The molecule has 2 bridgehead atoms. The lowest BCUT2D eigenvalue weighted by Crippen LogP contribution is -2.41. The van der Waals surface area contributed by atoms with Crippen LogP contribution in [0.5, 0.6) is 0 Å². The molecule has 0 aromatic rings. The second-order valence-corrected chi connectivity index (χ2v) is 6.61. The average Bonchev–Trinajstić information content (AvgIpc) is 2.71. The van der Waals surface area contributed by atoms with Gasteiger partial charge in [-0.3, -0.25) is 0 Å². The smallest absolute Gasteiger partial charge is 0.216 e. The summed E-state index contributed by atoms with van der Waals surface area (Å²) in [5, 5.41) is 0.727. The predicted octanol–water partition coefficient (Wildman–Crippen LogP) is 4.02. The van der Waals surface area contributed by atoms with Crippen molar-refractivity contribution >= 4 is 58.0 Å². The zero-order chi connectivity index (χ0) is 11.0. The van der Waals surface area contributed by atoms with Crippen LogP contribution in [-0.2, 0) is 0 Å². The number of alkyl halides is 3. The van der Waals surface area contributed by atoms with E-state index in [0.717, 1.165) is 6.42 Å². The molecule has 3 aliphatic rings. The van der Waals surface area contributed by atoms with Crippen LogP contribution in [0.2, 0.25) is 0 Å². The minimum atomic E-state index is -1.25. The van der Waals surface area contributed by atoms with Crippen LogP contribution in [0, 0.1) is 5.92 Å². The summed E-state index contributed by atoms with van der Waals surface area (Å²) in [5.74, 6) is 0.101. The summed E-state index contributed by atoms with van der Waals surface area (Å²) >= 11 is 31.3. The van der Waals surface area contributed by atoms with Gasteiger partial charge in [0, 0.05) is 5.92 Å². The average molecular weight is 305 g/mol. The third-order valence-electron chi connectivity index (χ3n) is 3.40. The van der Waals surface area contributed by atoms with Gasteiger partial charge in [0.2, 0.25) is 4.46 Å². The number of hydrogen-bond acceptors (Lipinski definition) is 1. The normalized spacial score (nSPS) is 45.5. The van der Waals surface area contributed by atoms with Crippen LogP contribution in [0.3, 0.4) is 0 Å². The van der Waals surface area contributed by atoms with Crippen LogP contribution in [0.15, 0.2) is 22.3 Å². The predicted molar refractivity (Wildman–Crippen MR) is 64.6 cm³/mol. The molecule has 1 aliphatic carbocycles. The molecule has 0 radical (unpaired) electrons. The van der Waals surface area contributed by atoms with Gasteiger partial charge in [0.25, 0.3) is 0 Å². The van der Waals surface area contributed by atoms with E-state index in [1.165, 1.54) is 0 Å². The van der Waals surface area contributed by atoms with Gasteiger partial charge in [-0.05, 0) is 6.42 Å². The number of hydrogen-bond donors (Lipinski definition) is 0. The van der Waals surface area contributed by atoms with E-state index in [2.05, 4.69) is 6.08 Å². The molecule has 6 heteroatoms. The first-order valence-corrected chi connectivity index (χ1v) is 6.40. The maximum atomic E-state index is 6.51. The largest absolute Gasteiger partial charge is 0.321 e. The van der Waals surface area contributed by atoms with Crippen molar-refractivity contribution in [2.24, 2.45) is 5.92 Å². The Kier molecular flexibility index (Phi) is 2.13. The molecule has 3 unspecified atom stereocenters. The molecule has 0 amide bonds. The molecule has 0 aromatic heterocycles. The second-order valence-electron chi connectivity index (χ2n) is 3.99. The number of fused-ring (bicyclic) bond motifs is 5. The third kappa shape index (κ3) is 0.965. The van der Waals surface area contributed by atoms with Crippen molar-refractivity contribution in [1.29, 1.82) is 0 Å². The van der Waals surface area contributed by atoms with E-state index >= 15 is 0 Å². The molecule has 3 atom stereocenters. The van der Waals surface area contributed by atoms with Crippen LogP contribution in [-0.4, -0.2) is 20.3 Å². The summed E-state index contributed by atoms with van der Waals surface area (Å²) in [6, 6.07) is 0.0625. The van der Waals surface area contributed by atoms with E-state index in [9.17, 15) is 0 Å². The Labute approximate surface area is 113 Å². The molecule has 0 saturated carbocycles. The Morgan fingerprint density at radius 2 is 1.93 bits per heavy atom. The minimum absolute atomic E-state index is 0.0625. The molecule has 1 fully saturated rings. The van der Waals surface area contributed by atoms with Crippen LogP contribution in [0.1, 0.15) is 6.42 Å². The topological polar surface area (TPSA) is 3.24 Å². The first-order chi connectivity index (χ1) is 6.92. The maximum Gasteiger partial charge on any atom is 0.216 e. The van der Waals surface area contributed by atoms with Gasteiger partial charge in [-0.1, -0.05) is 58.6 Å². The fourth-order valence-corrected chi connectivity index (χ4v) is 4.94. The van der Waals surface area contributed by atoms with Gasteiger partial charge in [-0.15, -0.1) is 11.6 Å². The highest BCUT2D eigenvalue weighted by atomic mass is 35.5. The first kappa shape index (κ1) is 10.9. The lowest BCUT2D eigenvalue weighted by molar-refractivity contribution is 0.326. The number of nitrogens with zero attached hydrogens (tertiary/aromatic N) is 1. The van der Waals surface area contributed by atoms with E-state index in [1.54, 1.807) is 4.90 Å². The Bertz CT molecular complexity index is 401. The Hall–Kier alpha value is 0.730. The Morgan fingerprint density at radius 3 is 2.60 bits per heavy atom. The standard InChI is InChI=1S/C9H6Cl5N/c10-6-7(11)15-5-3-1-2-4(5)8(6,12)9(15,13)14/h1,3-5H,2H2. The lowest BCUT2D eigenvalue weighted by Gasteiger charge is -2.30. The van der Waals surface area contributed by atoms with Gasteiger partial charge in [0.1, 0.15) is 10.0 Å². The molecule has 2 heterocycles. The molecule has 82 valence electrons. The van der Waals surface area contributed by atoms with Gasteiger partial charge in [0.05, 0.1) is 11.1 Å². The SMILES string of the molecule is ClC1=C(Cl)C2(Cl)C3CC=CC3N1C2(Cl)Cl. The Balaban J connectivity index is 2.23. The fraction of sp³-hybridized carbons (Fsp3) is 0.556. The van der Waals surface area contributed by atoms with Crippen LogP contribution in [0.4, 0.5) is 0 Å². The summed E-state index contributed by atoms with van der Waals surface area (Å²) in [4.78, 5) is 0.712. The molecule has 2 aliphatic heterocycles. The minimum Gasteiger partial charge on any atom is -0.321 e. The highest BCUT2D eigenvalue weighted by Crippen LogP contribution is 2.68. The van der Waals surface area contributed by atoms with Crippen LogP contribution >= 0.6 is 58.0 Å². The van der Waals surface area contributed by atoms with Gasteiger partial charge in [-0.2, -0.15) is 0 Å². The molecule has 1 nitrogen and oxygen atoms in total. The number of rotatable bonds is 0. The molecule has 0 aromatic carbocycles. The van der Waals surface area contributed by atoms with E-state index in [-0.39, 0.29) is 12.0 Å². The quantitative estimate of drug-likeness (QED) is 0.371. The molecule has 0 N–H and O–H groups in total. The van der Waals surface area contributed by atoms with Crippen molar-refractivity contribution in [3.05, 3.63) is 22.3 Å². The summed E-state index contributed by atoms with van der Waals surface area (Å²) in [7, 11) is 0. The molecular formula is C9H6Cl5N. The number of allylic oxidation sites excluding steroid dienone is 1. The monoisotopic (exact) mass is 303 g/mol. The van der Waals surface area contributed by atoms with E-state index in [0.29, 0.717) is 10.2 Å². The summed E-state index contributed by atoms with van der Waals surface area (Å²) in [6.45, 7) is 0. The van der Waals surface area contributed by atoms with Crippen molar-refractivity contribution in [3.63, 3.8) is 0 Å². The third-order valence-corrected chi connectivity index (χ3v) is 6.34. The van der Waals surface area contributed by atoms with Gasteiger partial charge in [-0.25, -0.2) is 0 Å². The fourth-order valence-electron chi connectivity index (χ4n) is 2.69. The van der Waals surface area contributed by atoms with E-state index < -0.39 is 9.33 Å². The Morgan fingerprint density at radius 1 is 1.27 bits per heavy atom. The summed E-state index contributed by atoms with van der Waals surface area (Å²) < 4.78 is -1.25. The molecule has 1 saturated heterocycles. The number of halogens is 5.